The van der Waals surface area contributed by atoms with Crippen molar-refractivity contribution in [2.24, 2.45) is 5.92 Å². The van der Waals surface area contributed by atoms with Gasteiger partial charge in [-0.1, -0.05) is 19.8 Å². The minimum atomic E-state index is -0.694. The molecule has 3 heteroatoms. The van der Waals surface area contributed by atoms with Gasteiger partial charge in [-0.2, -0.15) is 0 Å². The van der Waals surface area contributed by atoms with Gasteiger partial charge < -0.3 is 10.4 Å². The fraction of sp³-hybridized carbons (Fsp3) is 0.917. The average Bonchev–Trinajstić information content (AvgIpc) is 2.18. The standard InChI is InChI=1S/C12H23NO2/c1-9-5-3-4-6-11(9)13-10(2)7-8-12(14)15/h9-11,13H,3-8H2,1-2H3,(H,14,15). The van der Waals surface area contributed by atoms with Crippen molar-refractivity contribution in [3.63, 3.8) is 0 Å². The lowest BCUT2D eigenvalue weighted by atomic mass is 9.85. The van der Waals surface area contributed by atoms with Crippen molar-refractivity contribution >= 4 is 5.97 Å². The molecule has 1 fully saturated rings. The van der Waals surface area contributed by atoms with Gasteiger partial charge in [0.25, 0.3) is 0 Å². The Kier molecular flexibility index (Phi) is 5.09. The summed E-state index contributed by atoms with van der Waals surface area (Å²) in [6, 6.07) is 0.925. The molecule has 0 aliphatic heterocycles. The molecule has 1 rings (SSSR count). The molecule has 88 valence electrons. The average molecular weight is 213 g/mol. The molecule has 0 saturated heterocycles. The first kappa shape index (κ1) is 12.5. The van der Waals surface area contributed by atoms with Crippen LogP contribution >= 0.6 is 0 Å². The van der Waals surface area contributed by atoms with Crippen LogP contribution in [0.5, 0.6) is 0 Å². The van der Waals surface area contributed by atoms with E-state index in [1.165, 1.54) is 25.7 Å². The largest absolute Gasteiger partial charge is 0.481 e. The van der Waals surface area contributed by atoms with Crippen LogP contribution in [0.4, 0.5) is 0 Å². The fourth-order valence-corrected chi connectivity index (χ4v) is 2.35. The Hall–Kier alpha value is -0.570. The minimum Gasteiger partial charge on any atom is -0.481 e. The number of carboxylic acid groups (broad SMARTS) is 1. The Morgan fingerprint density at radius 3 is 2.73 bits per heavy atom. The Balaban J connectivity index is 2.23. The normalized spacial score (nSPS) is 28.7. The third kappa shape index (κ3) is 4.65. The van der Waals surface area contributed by atoms with Crippen LogP contribution in [0, 0.1) is 5.92 Å². The van der Waals surface area contributed by atoms with Crippen molar-refractivity contribution in [3.8, 4) is 0 Å². The zero-order valence-electron chi connectivity index (χ0n) is 9.83. The van der Waals surface area contributed by atoms with E-state index in [2.05, 4.69) is 19.2 Å². The summed E-state index contributed by atoms with van der Waals surface area (Å²) < 4.78 is 0. The molecule has 3 atom stereocenters. The van der Waals surface area contributed by atoms with Crippen LogP contribution in [0.15, 0.2) is 0 Å². The molecule has 1 aliphatic rings. The summed E-state index contributed by atoms with van der Waals surface area (Å²) in [5.74, 6) is 0.0476. The van der Waals surface area contributed by atoms with Crippen LogP contribution in [-0.2, 0) is 4.79 Å². The van der Waals surface area contributed by atoms with E-state index in [9.17, 15) is 4.79 Å². The number of carbonyl (C=O) groups is 1. The predicted octanol–water partition coefficient (Wildman–Crippen LogP) is 2.41. The van der Waals surface area contributed by atoms with Gasteiger partial charge >= 0.3 is 5.97 Å². The first-order valence-corrected chi connectivity index (χ1v) is 6.07. The third-order valence-electron chi connectivity index (χ3n) is 3.40. The van der Waals surface area contributed by atoms with Gasteiger partial charge in [0.1, 0.15) is 0 Å². The maximum atomic E-state index is 10.4. The summed E-state index contributed by atoms with van der Waals surface area (Å²) in [4.78, 5) is 10.4. The van der Waals surface area contributed by atoms with Gasteiger partial charge in [-0.05, 0) is 32.1 Å². The highest BCUT2D eigenvalue weighted by atomic mass is 16.4. The van der Waals surface area contributed by atoms with E-state index < -0.39 is 5.97 Å². The molecule has 0 aromatic rings. The lowest BCUT2D eigenvalue weighted by molar-refractivity contribution is -0.137. The van der Waals surface area contributed by atoms with E-state index in [1.807, 2.05) is 0 Å². The number of nitrogens with one attached hydrogen (secondary N) is 1. The molecule has 0 spiro atoms. The van der Waals surface area contributed by atoms with E-state index in [0.717, 1.165) is 12.3 Å². The fourth-order valence-electron chi connectivity index (χ4n) is 2.35. The van der Waals surface area contributed by atoms with E-state index in [0.29, 0.717) is 12.1 Å². The van der Waals surface area contributed by atoms with E-state index in [4.69, 9.17) is 5.11 Å². The maximum Gasteiger partial charge on any atom is 0.303 e. The Labute approximate surface area is 92.3 Å². The van der Waals surface area contributed by atoms with Crippen LogP contribution < -0.4 is 5.32 Å². The second-order valence-electron chi connectivity index (χ2n) is 4.87. The van der Waals surface area contributed by atoms with Crippen molar-refractivity contribution in [3.05, 3.63) is 0 Å². The molecular formula is C12H23NO2. The molecular weight excluding hydrogens is 190 g/mol. The molecule has 0 aromatic carbocycles. The molecule has 0 amide bonds. The highest BCUT2D eigenvalue weighted by Gasteiger charge is 2.22. The highest BCUT2D eigenvalue weighted by molar-refractivity contribution is 5.66. The molecule has 2 N–H and O–H groups in total. The lowest BCUT2D eigenvalue weighted by Crippen LogP contribution is -2.42. The number of aliphatic carboxylic acids is 1. The van der Waals surface area contributed by atoms with Crippen molar-refractivity contribution in [2.45, 2.75) is 64.5 Å². The summed E-state index contributed by atoms with van der Waals surface area (Å²) >= 11 is 0. The summed E-state index contributed by atoms with van der Waals surface area (Å²) in [5.41, 5.74) is 0. The summed E-state index contributed by atoms with van der Waals surface area (Å²) in [6.07, 6.45) is 6.23. The predicted molar refractivity (Wildman–Crippen MR) is 60.9 cm³/mol. The molecule has 3 nitrogen and oxygen atoms in total. The van der Waals surface area contributed by atoms with E-state index in [-0.39, 0.29) is 6.42 Å². The van der Waals surface area contributed by atoms with Crippen molar-refractivity contribution in [1.82, 2.24) is 5.32 Å². The molecule has 0 bridgehead atoms. The van der Waals surface area contributed by atoms with E-state index >= 15 is 0 Å². The highest BCUT2D eigenvalue weighted by Crippen LogP contribution is 2.24. The van der Waals surface area contributed by atoms with Crippen molar-refractivity contribution < 1.29 is 9.90 Å². The van der Waals surface area contributed by atoms with Crippen LogP contribution in [0.25, 0.3) is 0 Å². The molecule has 15 heavy (non-hydrogen) atoms. The van der Waals surface area contributed by atoms with Crippen molar-refractivity contribution in [1.29, 1.82) is 0 Å². The quantitative estimate of drug-likeness (QED) is 0.737. The first-order valence-electron chi connectivity index (χ1n) is 6.07. The minimum absolute atomic E-state index is 0.273. The van der Waals surface area contributed by atoms with Crippen LogP contribution in [0.1, 0.15) is 52.4 Å². The van der Waals surface area contributed by atoms with Gasteiger partial charge in [-0.25, -0.2) is 0 Å². The Bertz CT molecular complexity index is 206. The van der Waals surface area contributed by atoms with Gasteiger partial charge in [0.05, 0.1) is 0 Å². The first-order chi connectivity index (χ1) is 7.09. The lowest BCUT2D eigenvalue weighted by Gasteiger charge is -2.32. The summed E-state index contributed by atoms with van der Waals surface area (Å²) in [7, 11) is 0. The molecule has 0 heterocycles. The molecule has 0 radical (unpaired) electrons. The van der Waals surface area contributed by atoms with Crippen LogP contribution in [0.3, 0.4) is 0 Å². The molecule has 1 aliphatic carbocycles. The number of hydrogen-bond acceptors (Lipinski definition) is 2. The Morgan fingerprint density at radius 2 is 2.13 bits per heavy atom. The number of rotatable bonds is 5. The number of hydrogen-bond donors (Lipinski definition) is 2. The topological polar surface area (TPSA) is 49.3 Å². The second-order valence-corrected chi connectivity index (χ2v) is 4.87. The molecule has 0 aromatic heterocycles. The summed E-state index contributed by atoms with van der Waals surface area (Å²) in [5, 5.41) is 12.2. The van der Waals surface area contributed by atoms with Gasteiger partial charge in [-0.15, -0.1) is 0 Å². The number of carboxylic acids is 1. The maximum absolute atomic E-state index is 10.4. The molecule has 1 saturated carbocycles. The van der Waals surface area contributed by atoms with Gasteiger partial charge in [0.2, 0.25) is 0 Å². The van der Waals surface area contributed by atoms with Crippen LogP contribution in [0.2, 0.25) is 0 Å². The second kappa shape index (κ2) is 6.11. The van der Waals surface area contributed by atoms with Gasteiger partial charge in [0.15, 0.2) is 0 Å². The van der Waals surface area contributed by atoms with Crippen molar-refractivity contribution in [2.75, 3.05) is 0 Å². The Morgan fingerprint density at radius 1 is 1.47 bits per heavy atom. The summed E-state index contributed by atoms with van der Waals surface area (Å²) in [6.45, 7) is 4.38. The van der Waals surface area contributed by atoms with E-state index in [1.54, 1.807) is 0 Å². The van der Waals surface area contributed by atoms with Gasteiger partial charge in [0, 0.05) is 18.5 Å². The third-order valence-corrected chi connectivity index (χ3v) is 3.40. The zero-order valence-corrected chi connectivity index (χ0v) is 9.83. The SMILES string of the molecule is CC(CCC(=O)O)NC1CCCCC1C. The zero-order chi connectivity index (χ0) is 11.3. The monoisotopic (exact) mass is 213 g/mol. The smallest absolute Gasteiger partial charge is 0.303 e. The molecule has 3 unspecified atom stereocenters. The van der Waals surface area contributed by atoms with Crippen LogP contribution in [-0.4, -0.2) is 23.2 Å². The van der Waals surface area contributed by atoms with Gasteiger partial charge in [-0.3, -0.25) is 4.79 Å².